The SMILES string of the molecule is CCOC(=O)C(O)C(O)c1ccc(-c2ccc(O)cc2)cc1. The van der Waals surface area contributed by atoms with Crippen molar-refractivity contribution in [1.82, 2.24) is 0 Å². The maximum absolute atomic E-state index is 11.4. The fraction of sp³-hybridized carbons (Fsp3) is 0.235. The maximum Gasteiger partial charge on any atom is 0.338 e. The van der Waals surface area contributed by atoms with Crippen LogP contribution in [0.5, 0.6) is 5.75 Å². The number of aromatic hydroxyl groups is 1. The number of hydrogen-bond acceptors (Lipinski definition) is 5. The Hall–Kier alpha value is -2.37. The Morgan fingerprint density at radius 2 is 1.50 bits per heavy atom. The lowest BCUT2D eigenvalue weighted by molar-refractivity contribution is -0.159. The van der Waals surface area contributed by atoms with E-state index in [9.17, 15) is 20.1 Å². The van der Waals surface area contributed by atoms with Crippen LogP contribution in [-0.2, 0) is 9.53 Å². The van der Waals surface area contributed by atoms with Gasteiger partial charge in [-0.2, -0.15) is 0 Å². The van der Waals surface area contributed by atoms with Crippen LogP contribution in [0.3, 0.4) is 0 Å². The molecule has 5 heteroatoms. The van der Waals surface area contributed by atoms with Gasteiger partial charge in [0.15, 0.2) is 6.10 Å². The monoisotopic (exact) mass is 302 g/mol. The second kappa shape index (κ2) is 7.06. The normalized spacial score (nSPS) is 13.4. The lowest BCUT2D eigenvalue weighted by Crippen LogP contribution is -2.29. The maximum atomic E-state index is 11.4. The number of phenols is 1. The third-order valence-electron chi connectivity index (χ3n) is 3.28. The van der Waals surface area contributed by atoms with Gasteiger partial charge in [-0.3, -0.25) is 0 Å². The number of ether oxygens (including phenoxy) is 1. The van der Waals surface area contributed by atoms with Crippen molar-refractivity contribution in [3.63, 3.8) is 0 Å². The third-order valence-corrected chi connectivity index (χ3v) is 3.28. The molecule has 0 amide bonds. The van der Waals surface area contributed by atoms with E-state index in [0.717, 1.165) is 11.1 Å². The Morgan fingerprint density at radius 3 is 2.00 bits per heavy atom. The van der Waals surface area contributed by atoms with Crippen LogP contribution in [0.25, 0.3) is 11.1 Å². The van der Waals surface area contributed by atoms with Crippen LogP contribution in [-0.4, -0.2) is 34.0 Å². The molecule has 2 atom stereocenters. The second-order valence-electron chi connectivity index (χ2n) is 4.81. The van der Waals surface area contributed by atoms with Crippen molar-refractivity contribution >= 4 is 5.97 Å². The van der Waals surface area contributed by atoms with E-state index in [1.54, 1.807) is 55.5 Å². The third kappa shape index (κ3) is 3.63. The molecule has 5 nitrogen and oxygen atoms in total. The van der Waals surface area contributed by atoms with Crippen molar-refractivity contribution in [2.75, 3.05) is 6.61 Å². The molecular weight excluding hydrogens is 284 g/mol. The summed E-state index contributed by atoms with van der Waals surface area (Å²) in [5.41, 5.74) is 2.22. The quantitative estimate of drug-likeness (QED) is 0.736. The summed E-state index contributed by atoms with van der Waals surface area (Å²) < 4.78 is 4.68. The molecule has 0 aliphatic rings. The summed E-state index contributed by atoms with van der Waals surface area (Å²) in [5.74, 6) is -0.661. The van der Waals surface area contributed by atoms with Gasteiger partial charge in [-0.15, -0.1) is 0 Å². The predicted octanol–water partition coefficient (Wildman–Crippen LogP) is 2.02. The van der Waals surface area contributed by atoms with Crippen LogP contribution in [0.2, 0.25) is 0 Å². The van der Waals surface area contributed by atoms with Crippen LogP contribution in [0.1, 0.15) is 18.6 Å². The van der Waals surface area contributed by atoms with Gasteiger partial charge in [-0.05, 0) is 35.7 Å². The molecule has 0 aliphatic heterocycles. The van der Waals surface area contributed by atoms with Gasteiger partial charge in [0.2, 0.25) is 0 Å². The number of hydrogen-bond donors (Lipinski definition) is 3. The number of phenolic OH excluding ortho intramolecular Hbond substituents is 1. The molecule has 0 radical (unpaired) electrons. The molecule has 3 N–H and O–H groups in total. The molecule has 0 aromatic heterocycles. The summed E-state index contributed by atoms with van der Waals surface area (Å²) in [7, 11) is 0. The Balaban J connectivity index is 2.14. The molecule has 2 aromatic carbocycles. The number of carbonyl (C=O) groups excluding carboxylic acids is 1. The minimum atomic E-state index is -1.61. The highest BCUT2D eigenvalue weighted by atomic mass is 16.5. The van der Waals surface area contributed by atoms with Crippen LogP contribution < -0.4 is 0 Å². The number of aliphatic hydroxyl groups excluding tert-OH is 2. The van der Waals surface area contributed by atoms with E-state index < -0.39 is 18.2 Å². The minimum absolute atomic E-state index is 0.141. The molecule has 0 spiro atoms. The van der Waals surface area contributed by atoms with Crippen molar-refractivity contribution in [1.29, 1.82) is 0 Å². The summed E-state index contributed by atoms with van der Waals surface area (Å²) >= 11 is 0. The summed E-state index contributed by atoms with van der Waals surface area (Å²) in [5, 5.41) is 29.0. The summed E-state index contributed by atoms with van der Waals surface area (Å²) in [6, 6.07) is 13.5. The molecule has 0 fully saturated rings. The number of esters is 1. The first-order chi connectivity index (χ1) is 10.5. The second-order valence-corrected chi connectivity index (χ2v) is 4.81. The Bertz CT molecular complexity index is 619. The Morgan fingerprint density at radius 1 is 1.00 bits per heavy atom. The molecular formula is C17H18O5. The van der Waals surface area contributed by atoms with Crippen molar-refractivity contribution in [3.05, 3.63) is 54.1 Å². The largest absolute Gasteiger partial charge is 0.508 e. The molecule has 2 unspecified atom stereocenters. The average molecular weight is 302 g/mol. The molecule has 0 bridgehead atoms. The molecule has 0 aliphatic carbocycles. The zero-order valence-corrected chi connectivity index (χ0v) is 12.1. The van der Waals surface area contributed by atoms with Crippen molar-refractivity contribution in [2.24, 2.45) is 0 Å². The standard InChI is InChI=1S/C17H18O5/c1-2-22-17(21)16(20)15(19)13-5-3-11(4-6-13)12-7-9-14(18)10-8-12/h3-10,15-16,18-20H,2H2,1H3. The van der Waals surface area contributed by atoms with Crippen LogP contribution in [0, 0.1) is 0 Å². The predicted molar refractivity (Wildman–Crippen MR) is 81.1 cm³/mol. The first kappa shape index (κ1) is 16.0. The number of aliphatic hydroxyl groups is 2. The van der Waals surface area contributed by atoms with E-state index in [0.29, 0.717) is 5.56 Å². The van der Waals surface area contributed by atoms with Crippen LogP contribution >= 0.6 is 0 Å². The van der Waals surface area contributed by atoms with Crippen molar-refractivity contribution < 1.29 is 24.9 Å². The average Bonchev–Trinajstić information content (AvgIpc) is 2.54. The Labute approximate surface area is 128 Å². The van der Waals surface area contributed by atoms with Gasteiger partial charge in [-0.1, -0.05) is 36.4 Å². The van der Waals surface area contributed by atoms with Gasteiger partial charge in [0, 0.05) is 0 Å². The van der Waals surface area contributed by atoms with Crippen molar-refractivity contribution in [2.45, 2.75) is 19.1 Å². The number of carbonyl (C=O) groups is 1. The first-order valence-corrected chi connectivity index (χ1v) is 6.95. The lowest BCUT2D eigenvalue weighted by Gasteiger charge is -2.17. The highest BCUT2D eigenvalue weighted by Gasteiger charge is 2.26. The van der Waals surface area contributed by atoms with Gasteiger partial charge in [0.05, 0.1) is 6.61 Å². The van der Waals surface area contributed by atoms with E-state index in [1.807, 2.05) is 0 Å². The smallest absolute Gasteiger partial charge is 0.338 e. The molecule has 0 heterocycles. The molecule has 2 rings (SSSR count). The summed E-state index contributed by atoms with van der Waals surface area (Å²) in [6.45, 7) is 1.77. The van der Waals surface area contributed by atoms with Crippen LogP contribution in [0.15, 0.2) is 48.5 Å². The number of benzene rings is 2. The lowest BCUT2D eigenvalue weighted by atomic mass is 9.99. The fourth-order valence-corrected chi connectivity index (χ4v) is 2.07. The van der Waals surface area contributed by atoms with Gasteiger partial charge in [-0.25, -0.2) is 4.79 Å². The zero-order valence-electron chi connectivity index (χ0n) is 12.1. The van der Waals surface area contributed by atoms with Crippen molar-refractivity contribution in [3.8, 4) is 16.9 Å². The van der Waals surface area contributed by atoms with E-state index in [1.165, 1.54) is 0 Å². The topological polar surface area (TPSA) is 87.0 Å². The fourth-order valence-electron chi connectivity index (χ4n) is 2.07. The van der Waals surface area contributed by atoms with Gasteiger partial charge in [0.25, 0.3) is 0 Å². The van der Waals surface area contributed by atoms with Crippen LogP contribution in [0.4, 0.5) is 0 Å². The minimum Gasteiger partial charge on any atom is -0.508 e. The van der Waals surface area contributed by atoms with E-state index in [2.05, 4.69) is 4.74 Å². The molecule has 0 saturated heterocycles. The zero-order chi connectivity index (χ0) is 16.1. The van der Waals surface area contributed by atoms with E-state index in [-0.39, 0.29) is 12.4 Å². The molecule has 0 saturated carbocycles. The van der Waals surface area contributed by atoms with E-state index >= 15 is 0 Å². The van der Waals surface area contributed by atoms with Gasteiger partial charge in [0.1, 0.15) is 11.9 Å². The molecule has 2 aromatic rings. The highest BCUT2D eigenvalue weighted by Crippen LogP contribution is 2.25. The first-order valence-electron chi connectivity index (χ1n) is 6.95. The summed E-state index contributed by atoms with van der Waals surface area (Å²) in [6.07, 6.45) is -2.95. The number of rotatable bonds is 5. The highest BCUT2D eigenvalue weighted by molar-refractivity contribution is 5.75. The van der Waals surface area contributed by atoms with E-state index in [4.69, 9.17) is 0 Å². The van der Waals surface area contributed by atoms with Gasteiger partial charge < -0.3 is 20.1 Å². The summed E-state index contributed by atoms with van der Waals surface area (Å²) in [4.78, 5) is 11.4. The molecule has 116 valence electrons. The molecule has 22 heavy (non-hydrogen) atoms. The Kier molecular flexibility index (Phi) is 5.14. The van der Waals surface area contributed by atoms with Gasteiger partial charge >= 0.3 is 5.97 Å².